The number of ether oxygens (including phenoxy) is 2. The van der Waals surface area contributed by atoms with E-state index in [2.05, 4.69) is 0 Å². The van der Waals surface area contributed by atoms with Crippen LogP contribution in [0.5, 0.6) is 5.75 Å². The number of nitrogens with zero attached hydrogens (tertiary/aromatic N) is 1. The van der Waals surface area contributed by atoms with Crippen LogP contribution in [0, 0.1) is 0 Å². The molecule has 0 aliphatic rings. The Hall–Kier alpha value is -1.97. The zero-order chi connectivity index (χ0) is 13.0. The van der Waals surface area contributed by atoms with Gasteiger partial charge in [0.2, 0.25) is 0 Å². The van der Waals surface area contributed by atoms with E-state index in [1.54, 1.807) is 7.11 Å². The molecule has 0 aliphatic carbocycles. The van der Waals surface area contributed by atoms with E-state index in [0.29, 0.717) is 19.6 Å². The SMILES string of the molecule is CCOC(=O)CCn1ccc2cc(OC)ccc21. The third kappa shape index (κ3) is 2.64. The lowest BCUT2D eigenvalue weighted by Gasteiger charge is -2.06. The lowest BCUT2D eigenvalue weighted by molar-refractivity contribution is -0.143. The van der Waals surface area contributed by atoms with Gasteiger partial charge in [0.1, 0.15) is 5.75 Å². The van der Waals surface area contributed by atoms with Crippen molar-refractivity contribution in [2.75, 3.05) is 13.7 Å². The van der Waals surface area contributed by atoms with Gasteiger partial charge in [0.05, 0.1) is 20.1 Å². The molecule has 0 aliphatic heterocycles. The molecule has 0 bridgehead atoms. The Bertz CT molecular complexity index is 545. The smallest absolute Gasteiger partial charge is 0.307 e. The number of esters is 1. The van der Waals surface area contributed by atoms with Gasteiger partial charge in [-0.1, -0.05) is 0 Å². The summed E-state index contributed by atoms with van der Waals surface area (Å²) in [5.41, 5.74) is 1.10. The van der Waals surface area contributed by atoms with Crippen LogP contribution in [0.15, 0.2) is 30.5 Å². The number of aryl methyl sites for hydroxylation is 1. The summed E-state index contributed by atoms with van der Waals surface area (Å²) < 4.78 is 12.1. The van der Waals surface area contributed by atoms with Crippen LogP contribution in [0.1, 0.15) is 13.3 Å². The Morgan fingerprint density at radius 2 is 2.17 bits per heavy atom. The molecule has 0 N–H and O–H groups in total. The van der Waals surface area contributed by atoms with E-state index in [4.69, 9.17) is 9.47 Å². The molecule has 1 heterocycles. The fourth-order valence-corrected chi connectivity index (χ4v) is 1.95. The third-order valence-electron chi connectivity index (χ3n) is 2.84. The fourth-order valence-electron chi connectivity index (χ4n) is 1.95. The van der Waals surface area contributed by atoms with Gasteiger partial charge in [0.25, 0.3) is 0 Å². The summed E-state index contributed by atoms with van der Waals surface area (Å²) in [5, 5.41) is 1.11. The van der Waals surface area contributed by atoms with E-state index in [1.807, 2.05) is 42.0 Å². The third-order valence-corrected chi connectivity index (χ3v) is 2.84. The summed E-state index contributed by atoms with van der Waals surface area (Å²) in [7, 11) is 1.65. The molecule has 0 amide bonds. The molecule has 0 unspecified atom stereocenters. The minimum absolute atomic E-state index is 0.159. The van der Waals surface area contributed by atoms with Crippen molar-refractivity contribution in [2.24, 2.45) is 0 Å². The Kier molecular flexibility index (Phi) is 3.87. The molecule has 96 valence electrons. The number of methoxy groups -OCH3 is 1. The number of fused-ring (bicyclic) bond motifs is 1. The number of benzene rings is 1. The number of hydrogen-bond acceptors (Lipinski definition) is 3. The highest BCUT2D eigenvalue weighted by molar-refractivity contribution is 5.81. The van der Waals surface area contributed by atoms with Crippen LogP contribution in [0.2, 0.25) is 0 Å². The van der Waals surface area contributed by atoms with Crippen LogP contribution in [0.25, 0.3) is 10.9 Å². The minimum atomic E-state index is -0.159. The number of rotatable bonds is 5. The molecule has 1 aromatic heterocycles. The van der Waals surface area contributed by atoms with Crippen molar-refractivity contribution >= 4 is 16.9 Å². The van der Waals surface area contributed by atoms with Crippen LogP contribution in [-0.4, -0.2) is 24.3 Å². The largest absolute Gasteiger partial charge is 0.497 e. The molecule has 4 nitrogen and oxygen atoms in total. The van der Waals surface area contributed by atoms with E-state index >= 15 is 0 Å². The van der Waals surface area contributed by atoms with Gasteiger partial charge in [-0.25, -0.2) is 0 Å². The second-order valence-corrected chi connectivity index (χ2v) is 3.99. The van der Waals surface area contributed by atoms with Gasteiger partial charge in [0.15, 0.2) is 0 Å². The van der Waals surface area contributed by atoms with Gasteiger partial charge < -0.3 is 14.0 Å². The summed E-state index contributed by atoms with van der Waals surface area (Å²) in [6.45, 7) is 2.88. The number of carbonyl (C=O) groups excluding carboxylic acids is 1. The molecule has 0 saturated heterocycles. The molecule has 1 aromatic carbocycles. The highest BCUT2D eigenvalue weighted by Gasteiger charge is 2.05. The number of carbonyl (C=O) groups is 1. The Morgan fingerprint density at radius 3 is 2.89 bits per heavy atom. The molecular weight excluding hydrogens is 230 g/mol. The molecule has 0 saturated carbocycles. The van der Waals surface area contributed by atoms with Crippen LogP contribution < -0.4 is 4.74 Å². The first-order chi connectivity index (χ1) is 8.74. The Balaban J connectivity index is 2.12. The topological polar surface area (TPSA) is 40.5 Å². The maximum absolute atomic E-state index is 11.3. The van der Waals surface area contributed by atoms with Gasteiger partial charge in [-0.15, -0.1) is 0 Å². The first-order valence-electron chi connectivity index (χ1n) is 6.03. The van der Waals surface area contributed by atoms with Crippen LogP contribution in [0.3, 0.4) is 0 Å². The van der Waals surface area contributed by atoms with Crippen molar-refractivity contribution in [3.8, 4) is 5.75 Å². The normalized spacial score (nSPS) is 10.6. The van der Waals surface area contributed by atoms with Crippen molar-refractivity contribution in [3.63, 3.8) is 0 Å². The maximum atomic E-state index is 11.3. The second kappa shape index (κ2) is 5.58. The first-order valence-corrected chi connectivity index (χ1v) is 6.03. The zero-order valence-corrected chi connectivity index (χ0v) is 10.7. The highest BCUT2D eigenvalue weighted by atomic mass is 16.5. The van der Waals surface area contributed by atoms with Crippen LogP contribution in [-0.2, 0) is 16.1 Å². The van der Waals surface area contributed by atoms with Crippen molar-refractivity contribution in [1.29, 1.82) is 0 Å². The van der Waals surface area contributed by atoms with Crippen molar-refractivity contribution in [2.45, 2.75) is 19.9 Å². The summed E-state index contributed by atoms with van der Waals surface area (Å²) in [4.78, 5) is 11.3. The molecule has 0 spiro atoms. The van der Waals surface area contributed by atoms with Crippen molar-refractivity contribution < 1.29 is 14.3 Å². The molecule has 2 rings (SSSR count). The quantitative estimate of drug-likeness (QED) is 0.762. The lowest BCUT2D eigenvalue weighted by Crippen LogP contribution is -2.08. The summed E-state index contributed by atoms with van der Waals surface area (Å²) in [6, 6.07) is 7.92. The lowest BCUT2D eigenvalue weighted by atomic mass is 10.2. The Morgan fingerprint density at radius 1 is 1.33 bits per heavy atom. The average molecular weight is 247 g/mol. The predicted octanol–water partition coefficient (Wildman–Crippen LogP) is 2.60. The summed E-state index contributed by atoms with van der Waals surface area (Å²) in [5.74, 6) is 0.679. The minimum Gasteiger partial charge on any atom is -0.497 e. The van der Waals surface area contributed by atoms with Crippen molar-refractivity contribution in [3.05, 3.63) is 30.5 Å². The number of hydrogen-bond donors (Lipinski definition) is 0. The van der Waals surface area contributed by atoms with E-state index < -0.39 is 0 Å². The van der Waals surface area contributed by atoms with E-state index in [9.17, 15) is 4.79 Å². The van der Waals surface area contributed by atoms with Gasteiger partial charge in [0, 0.05) is 23.6 Å². The standard InChI is InChI=1S/C14H17NO3/c1-3-18-14(16)7-9-15-8-6-11-10-12(17-2)4-5-13(11)15/h4-6,8,10H,3,7,9H2,1-2H3. The van der Waals surface area contributed by atoms with E-state index in [0.717, 1.165) is 16.7 Å². The highest BCUT2D eigenvalue weighted by Crippen LogP contribution is 2.21. The Labute approximate surface area is 106 Å². The molecule has 0 fully saturated rings. The summed E-state index contributed by atoms with van der Waals surface area (Å²) >= 11 is 0. The predicted molar refractivity (Wildman–Crippen MR) is 69.7 cm³/mol. The molecule has 0 radical (unpaired) electrons. The van der Waals surface area contributed by atoms with Crippen molar-refractivity contribution in [1.82, 2.24) is 4.57 Å². The zero-order valence-electron chi connectivity index (χ0n) is 10.7. The maximum Gasteiger partial charge on any atom is 0.307 e. The molecule has 18 heavy (non-hydrogen) atoms. The molecule has 2 aromatic rings. The van der Waals surface area contributed by atoms with Crippen LogP contribution >= 0.6 is 0 Å². The van der Waals surface area contributed by atoms with E-state index in [1.165, 1.54) is 0 Å². The first kappa shape index (κ1) is 12.5. The summed E-state index contributed by atoms with van der Waals surface area (Å²) in [6.07, 6.45) is 2.37. The molecular formula is C14H17NO3. The molecule has 0 atom stereocenters. The van der Waals surface area contributed by atoms with E-state index in [-0.39, 0.29) is 5.97 Å². The fraction of sp³-hybridized carbons (Fsp3) is 0.357. The van der Waals surface area contributed by atoms with Gasteiger partial charge in [-0.2, -0.15) is 0 Å². The second-order valence-electron chi connectivity index (χ2n) is 3.99. The average Bonchev–Trinajstić information content (AvgIpc) is 2.78. The molecule has 4 heteroatoms. The van der Waals surface area contributed by atoms with Gasteiger partial charge in [-0.05, 0) is 31.2 Å². The van der Waals surface area contributed by atoms with Crippen LogP contribution in [0.4, 0.5) is 0 Å². The monoisotopic (exact) mass is 247 g/mol. The van der Waals surface area contributed by atoms with Gasteiger partial charge >= 0.3 is 5.97 Å². The number of aromatic nitrogens is 1. The van der Waals surface area contributed by atoms with Gasteiger partial charge in [-0.3, -0.25) is 4.79 Å².